The van der Waals surface area contributed by atoms with Gasteiger partial charge in [-0.3, -0.25) is 9.69 Å². The molecule has 1 saturated carbocycles. The molecular weight excluding hydrogens is 556 g/mol. The van der Waals surface area contributed by atoms with Crippen molar-refractivity contribution in [3.63, 3.8) is 0 Å². The molecule has 1 aliphatic heterocycles. The van der Waals surface area contributed by atoms with E-state index >= 15 is 0 Å². The van der Waals surface area contributed by atoms with E-state index < -0.39 is 0 Å². The number of hydrogen-bond acceptors (Lipinski definition) is 4. The molecule has 5 nitrogen and oxygen atoms in total. The number of carbonyl (C=O) groups is 1. The molecule has 0 aromatic heterocycles. The molecule has 2 N–H and O–H groups in total. The molecule has 0 bridgehead atoms. The Kier molecular flexibility index (Phi) is 9.85. The second kappa shape index (κ2) is 14.3. The summed E-state index contributed by atoms with van der Waals surface area (Å²) in [6.07, 6.45) is 6.05. The van der Waals surface area contributed by atoms with Crippen molar-refractivity contribution in [1.29, 1.82) is 0 Å². The Bertz CT molecular complexity index is 1540. The first-order valence-electron chi connectivity index (χ1n) is 16.7. The normalized spacial score (nSPS) is 20.9. The van der Waals surface area contributed by atoms with E-state index in [9.17, 15) is 9.90 Å². The van der Waals surface area contributed by atoms with E-state index in [-0.39, 0.29) is 41.7 Å². The number of amides is 1. The minimum Gasteiger partial charge on any atom is -0.504 e. The summed E-state index contributed by atoms with van der Waals surface area (Å²) in [5, 5.41) is 13.8. The van der Waals surface area contributed by atoms with Gasteiger partial charge in [0.05, 0.1) is 6.04 Å². The molecule has 5 atom stereocenters. The van der Waals surface area contributed by atoms with Crippen molar-refractivity contribution in [2.24, 2.45) is 5.92 Å². The van der Waals surface area contributed by atoms with Crippen LogP contribution in [0.5, 0.6) is 11.5 Å². The van der Waals surface area contributed by atoms with E-state index in [0.29, 0.717) is 5.75 Å². The molecule has 6 rings (SSSR count). The van der Waals surface area contributed by atoms with E-state index in [1.165, 1.54) is 16.7 Å². The minimum absolute atomic E-state index is 0.00368. The third-order valence-corrected chi connectivity index (χ3v) is 9.92. The standard InChI is InChI=1S/C40H46N2O3/c1-28(31-12-5-3-6-13-31)41-40(44)37-18-10-9-17-36(37)33-22-20-30(21-23-33)26-42(29(2)32-14-7-4-8-15-32)27-35-25-24-34-16-11-19-38(43)39(34)45-35/h3-8,11-16,19-23,28-29,35-37,43H,9-10,17-18,24-27H2,1-2H3,(H,41,44)/t28-,29?,35?,36-,37+/m1/s1. The molecular formula is C40H46N2O3. The van der Waals surface area contributed by atoms with Crippen molar-refractivity contribution in [3.05, 3.63) is 131 Å². The van der Waals surface area contributed by atoms with Gasteiger partial charge in [-0.05, 0) is 79.3 Å². The van der Waals surface area contributed by atoms with Crippen LogP contribution in [0.2, 0.25) is 0 Å². The highest BCUT2D eigenvalue weighted by Crippen LogP contribution is 2.39. The Labute approximate surface area is 268 Å². The number of aromatic hydroxyl groups is 1. The minimum atomic E-state index is -0.00756. The van der Waals surface area contributed by atoms with Gasteiger partial charge in [-0.15, -0.1) is 0 Å². The smallest absolute Gasteiger partial charge is 0.224 e. The van der Waals surface area contributed by atoms with Crippen molar-refractivity contribution >= 4 is 5.91 Å². The molecule has 4 aromatic carbocycles. The zero-order valence-electron chi connectivity index (χ0n) is 26.6. The topological polar surface area (TPSA) is 61.8 Å². The van der Waals surface area contributed by atoms with Gasteiger partial charge in [0.2, 0.25) is 5.91 Å². The van der Waals surface area contributed by atoms with Gasteiger partial charge in [-0.2, -0.15) is 0 Å². The maximum absolute atomic E-state index is 13.5. The molecule has 2 aliphatic rings. The van der Waals surface area contributed by atoms with Crippen LogP contribution in [0.4, 0.5) is 0 Å². The number of phenolic OH excluding ortho intramolecular Hbond substituents is 1. The molecule has 234 valence electrons. The summed E-state index contributed by atoms with van der Waals surface area (Å²) in [5.41, 5.74) is 5.99. The summed E-state index contributed by atoms with van der Waals surface area (Å²) in [7, 11) is 0. The van der Waals surface area contributed by atoms with E-state index in [4.69, 9.17) is 4.74 Å². The monoisotopic (exact) mass is 602 g/mol. The lowest BCUT2D eigenvalue weighted by atomic mass is 9.74. The van der Waals surface area contributed by atoms with Crippen molar-refractivity contribution in [2.45, 2.75) is 83.0 Å². The summed E-state index contributed by atoms with van der Waals surface area (Å²) < 4.78 is 6.38. The van der Waals surface area contributed by atoms with Gasteiger partial charge >= 0.3 is 0 Å². The molecule has 4 aromatic rings. The van der Waals surface area contributed by atoms with Crippen LogP contribution in [0.25, 0.3) is 0 Å². The van der Waals surface area contributed by atoms with Crippen molar-refractivity contribution in [3.8, 4) is 11.5 Å². The average Bonchev–Trinajstić information content (AvgIpc) is 3.09. The summed E-state index contributed by atoms with van der Waals surface area (Å²) in [6.45, 7) is 5.88. The van der Waals surface area contributed by atoms with Crippen LogP contribution >= 0.6 is 0 Å². The number of aryl methyl sites for hydroxylation is 1. The first kappa shape index (κ1) is 30.9. The van der Waals surface area contributed by atoms with Gasteiger partial charge < -0.3 is 15.2 Å². The van der Waals surface area contributed by atoms with E-state index in [2.05, 4.69) is 90.8 Å². The number of ether oxygens (including phenoxy) is 1. The first-order valence-corrected chi connectivity index (χ1v) is 16.7. The third kappa shape index (κ3) is 7.42. The maximum Gasteiger partial charge on any atom is 0.224 e. The quantitative estimate of drug-likeness (QED) is 0.191. The van der Waals surface area contributed by atoms with Crippen LogP contribution in [0.3, 0.4) is 0 Å². The second-order valence-corrected chi connectivity index (χ2v) is 12.9. The molecule has 0 saturated heterocycles. The van der Waals surface area contributed by atoms with Crippen LogP contribution in [0, 0.1) is 5.92 Å². The van der Waals surface area contributed by atoms with Gasteiger partial charge in [0.25, 0.3) is 0 Å². The lowest BCUT2D eigenvalue weighted by Gasteiger charge is -2.35. The van der Waals surface area contributed by atoms with Gasteiger partial charge in [-0.1, -0.05) is 110 Å². The third-order valence-electron chi connectivity index (χ3n) is 9.92. The average molecular weight is 603 g/mol. The van der Waals surface area contributed by atoms with Crippen LogP contribution in [0.15, 0.2) is 103 Å². The fourth-order valence-corrected chi connectivity index (χ4v) is 7.23. The summed E-state index contributed by atoms with van der Waals surface area (Å²) in [6, 6.07) is 35.7. The van der Waals surface area contributed by atoms with Crippen LogP contribution in [0.1, 0.15) is 91.8 Å². The fraction of sp³-hybridized carbons (Fsp3) is 0.375. The molecule has 1 amide bonds. The number of carbonyl (C=O) groups excluding carboxylic acids is 1. The number of nitrogens with zero attached hydrogens (tertiary/aromatic N) is 1. The van der Waals surface area contributed by atoms with Gasteiger partial charge in [0.1, 0.15) is 6.10 Å². The van der Waals surface area contributed by atoms with Crippen LogP contribution in [-0.4, -0.2) is 28.6 Å². The molecule has 5 heteroatoms. The molecule has 45 heavy (non-hydrogen) atoms. The molecule has 1 heterocycles. The fourth-order valence-electron chi connectivity index (χ4n) is 7.23. The van der Waals surface area contributed by atoms with Gasteiger partial charge in [-0.25, -0.2) is 0 Å². The number of phenols is 1. The predicted octanol–water partition coefficient (Wildman–Crippen LogP) is 8.50. The highest BCUT2D eigenvalue weighted by molar-refractivity contribution is 5.80. The maximum atomic E-state index is 13.5. The highest BCUT2D eigenvalue weighted by atomic mass is 16.5. The SMILES string of the molecule is CC(c1ccccc1)N(Cc1ccc([C@H]2CCCC[C@@H]2C(=O)N[C@H](C)c2ccccc2)cc1)CC1CCc2cccc(O)c2O1. The van der Waals surface area contributed by atoms with Gasteiger partial charge in [0.15, 0.2) is 11.5 Å². The lowest BCUT2D eigenvalue weighted by molar-refractivity contribution is -0.127. The van der Waals surface area contributed by atoms with Gasteiger partial charge in [0, 0.05) is 25.0 Å². The van der Waals surface area contributed by atoms with Crippen molar-refractivity contribution < 1.29 is 14.6 Å². The number of para-hydroxylation sites is 1. The van der Waals surface area contributed by atoms with E-state index in [0.717, 1.165) is 62.7 Å². The Hall–Kier alpha value is -4.09. The predicted molar refractivity (Wildman–Crippen MR) is 180 cm³/mol. The molecule has 0 radical (unpaired) electrons. The first-order chi connectivity index (χ1) is 22.0. The second-order valence-electron chi connectivity index (χ2n) is 12.9. The number of fused-ring (bicyclic) bond motifs is 1. The Morgan fingerprint density at radius 1 is 0.844 bits per heavy atom. The summed E-state index contributed by atoms with van der Waals surface area (Å²) >= 11 is 0. The number of benzene rings is 4. The van der Waals surface area contributed by atoms with Crippen LogP contribution < -0.4 is 10.1 Å². The number of hydrogen-bond donors (Lipinski definition) is 2. The lowest BCUT2D eigenvalue weighted by Crippen LogP contribution is -2.38. The number of rotatable bonds is 10. The highest BCUT2D eigenvalue weighted by Gasteiger charge is 2.33. The Balaban J connectivity index is 1.16. The molecule has 1 aliphatic carbocycles. The molecule has 1 fully saturated rings. The summed E-state index contributed by atoms with van der Waals surface area (Å²) in [4.78, 5) is 16.0. The Morgan fingerprint density at radius 3 is 2.27 bits per heavy atom. The zero-order valence-corrected chi connectivity index (χ0v) is 26.6. The molecule has 2 unspecified atom stereocenters. The number of nitrogens with one attached hydrogen (secondary N) is 1. The van der Waals surface area contributed by atoms with Crippen molar-refractivity contribution in [1.82, 2.24) is 10.2 Å². The molecule has 0 spiro atoms. The van der Waals surface area contributed by atoms with E-state index in [1.54, 1.807) is 6.07 Å². The van der Waals surface area contributed by atoms with Crippen LogP contribution in [-0.2, 0) is 17.8 Å². The Morgan fingerprint density at radius 2 is 1.53 bits per heavy atom. The summed E-state index contributed by atoms with van der Waals surface area (Å²) in [5.74, 6) is 1.25. The largest absolute Gasteiger partial charge is 0.504 e. The van der Waals surface area contributed by atoms with E-state index in [1.807, 2.05) is 30.3 Å². The zero-order chi connectivity index (χ0) is 31.2. The van der Waals surface area contributed by atoms with Crippen molar-refractivity contribution in [2.75, 3.05) is 6.54 Å².